The number of hydrogen-bond donors (Lipinski definition) is 5. The molecule has 2 fully saturated rings. The third-order valence-corrected chi connectivity index (χ3v) is 13.4. The van der Waals surface area contributed by atoms with E-state index in [2.05, 4.69) is 73.8 Å². The van der Waals surface area contributed by atoms with Gasteiger partial charge in [0.25, 0.3) is 0 Å². The maximum atomic E-state index is 14.6. The van der Waals surface area contributed by atoms with E-state index < -0.39 is 23.6 Å². The third-order valence-electron chi connectivity index (χ3n) is 12.4. The molecule has 11 nitrogen and oxygen atoms in total. The number of nitrogens with one attached hydrogen (secondary N) is 3. The third kappa shape index (κ3) is 13.1. The number of aryl methyl sites for hydroxylation is 2. The molecule has 1 saturated carbocycles. The lowest BCUT2D eigenvalue weighted by Gasteiger charge is -2.45. The Morgan fingerprint density at radius 3 is 2.43 bits per heavy atom. The van der Waals surface area contributed by atoms with Gasteiger partial charge in [-0.05, 0) is 98.3 Å². The molecule has 320 valence electrons. The summed E-state index contributed by atoms with van der Waals surface area (Å²) < 4.78 is 0. The number of nitrogens with zero attached hydrogens (tertiary/aromatic N) is 3. The van der Waals surface area contributed by atoms with Gasteiger partial charge in [-0.2, -0.15) is 0 Å². The summed E-state index contributed by atoms with van der Waals surface area (Å²) in [5.41, 5.74) is 6.47. The Morgan fingerprint density at radius 2 is 1.81 bits per heavy atom. The number of aromatic nitrogens is 1. The van der Waals surface area contributed by atoms with Crippen LogP contribution in [0.1, 0.15) is 136 Å². The number of unbranched alkanes of at least 4 members (excludes halogenated alkanes) is 3. The second-order valence-corrected chi connectivity index (χ2v) is 19.2. The maximum Gasteiger partial charge on any atom is 0.243 e. The number of thiazole rings is 1. The van der Waals surface area contributed by atoms with Gasteiger partial charge in [0.05, 0.1) is 36.1 Å². The van der Waals surface area contributed by atoms with Crippen LogP contribution in [0, 0.1) is 23.7 Å². The molecule has 2 heterocycles. The van der Waals surface area contributed by atoms with E-state index in [4.69, 9.17) is 13.7 Å². The van der Waals surface area contributed by atoms with Crippen LogP contribution in [0.25, 0.3) is 10.4 Å². The van der Waals surface area contributed by atoms with Crippen LogP contribution >= 0.6 is 11.3 Å². The highest BCUT2D eigenvalue weighted by Gasteiger charge is 2.45. The first-order chi connectivity index (χ1) is 27.5. The molecule has 3 amide bonds. The summed E-state index contributed by atoms with van der Waals surface area (Å²) in [6.45, 7) is 17.3. The quantitative estimate of drug-likeness (QED) is 0.0418. The lowest BCUT2D eigenvalue weighted by molar-refractivity contribution is -0.142. The molecule has 2 aliphatic rings. The second kappa shape index (κ2) is 21.8. The number of β-amino-alcohol motifs (C(OH)–C–C–N with tert-alkyl or cyclic N) is 1. The average Bonchev–Trinajstić information content (AvgIpc) is 3.79. The van der Waals surface area contributed by atoms with Crippen molar-refractivity contribution in [3.05, 3.63) is 52.4 Å². The molecule has 58 heavy (non-hydrogen) atoms. The Bertz CT molecular complexity index is 1690. The fourth-order valence-electron chi connectivity index (χ4n) is 8.99. The summed E-state index contributed by atoms with van der Waals surface area (Å²) in [5.74, 6) is 6.40. The number of hydrogen-bond acceptors (Lipinski definition) is 9. The van der Waals surface area contributed by atoms with Crippen molar-refractivity contribution < 1.29 is 19.5 Å². The maximum absolute atomic E-state index is 14.6. The lowest BCUT2D eigenvalue weighted by Crippen LogP contribution is -2.58. The smallest absolute Gasteiger partial charge is 0.243 e. The summed E-state index contributed by atoms with van der Waals surface area (Å²) >= 11 is 1.63. The monoisotopic (exact) mass is 818 g/mol. The number of likely N-dealkylation sites (tertiary alicyclic amines) is 1. The molecule has 1 aromatic heterocycles. The first kappa shape index (κ1) is 47.4. The van der Waals surface area contributed by atoms with Gasteiger partial charge in [-0.1, -0.05) is 78.8 Å². The van der Waals surface area contributed by atoms with Crippen LogP contribution in [-0.4, -0.2) is 82.9 Å². The fraction of sp³-hybridized carbons (Fsp3) is 0.689. The highest BCUT2D eigenvalue weighted by molar-refractivity contribution is 7.13. The van der Waals surface area contributed by atoms with E-state index in [0.29, 0.717) is 25.3 Å². The van der Waals surface area contributed by atoms with Crippen molar-refractivity contribution in [3.63, 3.8) is 0 Å². The number of rotatable bonds is 20. The van der Waals surface area contributed by atoms with E-state index in [1.54, 1.807) is 21.2 Å². The zero-order valence-corrected chi connectivity index (χ0v) is 37.5. The molecule has 2 radical (unpaired) electrons. The van der Waals surface area contributed by atoms with Gasteiger partial charge < -0.3 is 31.0 Å². The zero-order chi connectivity index (χ0) is 42.6. The molecule has 2 aromatic rings. The van der Waals surface area contributed by atoms with E-state index in [1.165, 1.54) is 12.5 Å². The molecule has 4 rings (SSSR count). The molecule has 13 heteroatoms. The van der Waals surface area contributed by atoms with Crippen LogP contribution in [-0.2, 0) is 27.3 Å². The number of carbonyl (C=O) groups is 3. The minimum Gasteiger partial charge on any atom is -0.391 e. The van der Waals surface area contributed by atoms with Gasteiger partial charge in [-0.25, -0.2) is 10.8 Å². The minimum atomic E-state index is -0.774. The van der Waals surface area contributed by atoms with Crippen LogP contribution in [0.3, 0.4) is 0 Å². The number of aliphatic hydroxyl groups is 1. The Morgan fingerprint density at radius 1 is 1.09 bits per heavy atom. The van der Waals surface area contributed by atoms with Crippen molar-refractivity contribution in [3.8, 4) is 10.4 Å². The van der Waals surface area contributed by atoms with Gasteiger partial charge >= 0.3 is 0 Å². The Hall–Kier alpha value is -3.26. The summed E-state index contributed by atoms with van der Waals surface area (Å²) in [6.07, 6.45) is 13.0. The van der Waals surface area contributed by atoms with Crippen molar-refractivity contribution >= 4 is 36.9 Å². The molecule has 1 aliphatic heterocycles. The van der Waals surface area contributed by atoms with Crippen molar-refractivity contribution in [2.75, 3.05) is 13.1 Å². The second-order valence-electron chi connectivity index (χ2n) is 18.3. The van der Waals surface area contributed by atoms with Gasteiger partial charge in [0.2, 0.25) is 17.7 Å². The van der Waals surface area contributed by atoms with Gasteiger partial charge in [0.15, 0.2) is 0 Å². The van der Waals surface area contributed by atoms with Crippen molar-refractivity contribution in [2.24, 2.45) is 22.6 Å². The number of hydrazine groups is 1. The number of benzene rings is 1. The predicted molar refractivity (Wildman–Crippen MR) is 237 cm³/mol. The molecule has 0 spiro atoms. The van der Waals surface area contributed by atoms with Crippen LogP contribution in [0.4, 0.5) is 0 Å². The average molecular weight is 818 g/mol. The summed E-state index contributed by atoms with van der Waals surface area (Å²) in [5, 5.41) is 22.4. The Kier molecular flexibility index (Phi) is 17.9. The standard InChI is InChI=1S/C45H72BN7O4S/c1-9-10-21-45(8,36-17-19-37(20-18-36)53(47)26-30(2)51-32(4)54)28-49-41(44(5,6)7)43(57)52-27-38(55)24-39(52)42(56)48-25-35-16-15-34(40-31(3)50-29-58-40)23-33(35)14-12-11-13-22-46/h15-16,23,26,29,36-39,41,49,55H,9-14,17-22,24-25,27-28,47H2,1-8H3,(H,48,56)(H,51,54)/b30-26+/t36?,37?,38-,39+,41-,45?/m1/s1. The summed E-state index contributed by atoms with van der Waals surface area (Å²) in [7, 11) is 5.77. The lowest BCUT2D eigenvalue weighted by atomic mass is 9.66. The molecular weight excluding hydrogens is 745 g/mol. The largest absolute Gasteiger partial charge is 0.391 e. The molecule has 1 saturated heterocycles. The van der Waals surface area contributed by atoms with E-state index in [9.17, 15) is 19.5 Å². The first-order valence-corrected chi connectivity index (χ1v) is 22.6. The fourth-order valence-corrected chi connectivity index (χ4v) is 9.79. The number of amides is 3. The van der Waals surface area contributed by atoms with Crippen LogP contribution in [0.2, 0.25) is 6.32 Å². The molecule has 6 N–H and O–H groups in total. The highest BCUT2D eigenvalue weighted by Crippen LogP contribution is 2.43. The van der Waals surface area contributed by atoms with Crippen LogP contribution < -0.4 is 21.8 Å². The number of allylic oxidation sites excluding steroid dienone is 1. The molecule has 1 aromatic carbocycles. The normalized spacial score (nSPS) is 21.7. The minimum absolute atomic E-state index is 0.0519. The molecular formula is C45H72BN7O4S. The summed E-state index contributed by atoms with van der Waals surface area (Å²) in [6, 6.07) is 5.30. The Labute approximate surface area is 354 Å². The van der Waals surface area contributed by atoms with Gasteiger partial charge in [0.1, 0.15) is 6.04 Å². The van der Waals surface area contributed by atoms with Crippen molar-refractivity contribution in [1.29, 1.82) is 0 Å². The zero-order valence-electron chi connectivity index (χ0n) is 36.7. The van der Waals surface area contributed by atoms with Crippen molar-refractivity contribution in [1.82, 2.24) is 30.8 Å². The first-order valence-electron chi connectivity index (χ1n) is 21.7. The van der Waals surface area contributed by atoms with E-state index in [0.717, 1.165) is 98.0 Å². The summed E-state index contributed by atoms with van der Waals surface area (Å²) in [4.78, 5) is 47.3. The predicted octanol–water partition coefficient (Wildman–Crippen LogP) is 6.93. The Balaban J connectivity index is 1.45. The van der Waals surface area contributed by atoms with E-state index in [-0.39, 0.29) is 42.1 Å². The van der Waals surface area contributed by atoms with Gasteiger partial charge in [-0.15, -0.1) is 11.3 Å². The number of aliphatic hydroxyl groups excluding tert-OH is 1. The van der Waals surface area contributed by atoms with E-state index in [1.807, 2.05) is 25.6 Å². The van der Waals surface area contributed by atoms with Crippen LogP contribution in [0.5, 0.6) is 0 Å². The SMILES string of the molecule is [B]CCCCCc1cc(-c2scnc2C)ccc1CNC(=O)[C@@H]1C[C@@H](O)CN1C(=O)[C@@H](NCC(C)(CCCC)C1CCC(N(N)/C=C(\C)NC(C)=O)CC1)C(C)(C)C. The topological polar surface area (TPSA) is 153 Å². The van der Waals surface area contributed by atoms with Gasteiger partial charge in [0, 0.05) is 50.9 Å². The molecule has 0 bridgehead atoms. The highest BCUT2D eigenvalue weighted by atomic mass is 32.1. The van der Waals surface area contributed by atoms with Crippen LogP contribution in [0.15, 0.2) is 35.6 Å². The van der Waals surface area contributed by atoms with Gasteiger partial charge in [-0.3, -0.25) is 14.4 Å². The van der Waals surface area contributed by atoms with E-state index >= 15 is 0 Å². The molecule has 1 aliphatic carbocycles. The number of carbonyl (C=O) groups excluding carboxylic acids is 3. The molecule has 1 unspecified atom stereocenters. The van der Waals surface area contributed by atoms with Crippen molar-refractivity contribution in [2.45, 2.75) is 170 Å². The molecule has 4 atom stereocenters. The number of nitrogens with two attached hydrogens (primary N) is 1.